The summed E-state index contributed by atoms with van der Waals surface area (Å²) < 4.78 is 62.1. The zero-order chi connectivity index (χ0) is 18.8. The van der Waals surface area contributed by atoms with Crippen LogP contribution in [0.15, 0.2) is 0 Å². The van der Waals surface area contributed by atoms with E-state index >= 15 is 0 Å². The fraction of sp³-hybridized carbons (Fsp3) is 0.933. The van der Waals surface area contributed by atoms with Gasteiger partial charge in [0.05, 0.1) is 6.26 Å². The van der Waals surface area contributed by atoms with Crippen molar-refractivity contribution in [3.05, 3.63) is 0 Å². The van der Waals surface area contributed by atoms with E-state index in [1.165, 1.54) is 0 Å². The topological polar surface area (TPSA) is 83.7 Å². The zero-order valence-electron chi connectivity index (χ0n) is 14.7. The number of piperidine rings is 1. The van der Waals surface area contributed by atoms with E-state index in [9.17, 15) is 26.4 Å². The van der Waals surface area contributed by atoms with Gasteiger partial charge in [-0.25, -0.2) is 8.42 Å². The van der Waals surface area contributed by atoms with E-state index in [-0.39, 0.29) is 56.1 Å². The Morgan fingerprint density at radius 1 is 1.19 bits per heavy atom. The first-order chi connectivity index (χ1) is 11.5. The summed E-state index contributed by atoms with van der Waals surface area (Å²) in [5.41, 5.74) is 5.71. The van der Waals surface area contributed by atoms with E-state index in [1.54, 1.807) is 4.90 Å². The third-order valence-corrected chi connectivity index (χ3v) is 6.50. The number of amides is 1. The highest BCUT2D eigenvalue weighted by molar-refractivity contribution is 7.88. The molecule has 1 aliphatic heterocycles. The molecule has 0 aromatic heterocycles. The van der Waals surface area contributed by atoms with Gasteiger partial charge in [-0.1, -0.05) is 6.42 Å². The fourth-order valence-electron chi connectivity index (χ4n) is 3.95. The summed E-state index contributed by atoms with van der Waals surface area (Å²) in [7, 11) is -3.97. The van der Waals surface area contributed by atoms with E-state index < -0.39 is 28.8 Å². The average molecular weight is 422 g/mol. The lowest BCUT2D eigenvalue weighted by atomic mass is 9.93. The molecule has 1 heterocycles. The summed E-state index contributed by atoms with van der Waals surface area (Å²) in [5, 5.41) is 0. The Morgan fingerprint density at radius 3 is 2.23 bits per heavy atom. The minimum absolute atomic E-state index is 0. The number of carbonyl (C=O) groups excluding carboxylic acids is 1. The quantitative estimate of drug-likeness (QED) is 0.730. The van der Waals surface area contributed by atoms with Crippen LogP contribution < -0.4 is 5.73 Å². The summed E-state index contributed by atoms with van der Waals surface area (Å²) in [5.74, 6) is 0.0684. The zero-order valence-corrected chi connectivity index (χ0v) is 16.4. The van der Waals surface area contributed by atoms with Crippen molar-refractivity contribution < 1.29 is 26.4 Å². The molecule has 11 heteroatoms. The fourth-order valence-corrected chi connectivity index (χ4v) is 5.08. The Bertz CT molecular complexity index is 580. The Hall–Kier alpha value is -0.580. The number of rotatable bonds is 5. The number of carbonyl (C=O) groups is 1. The molecule has 2 atom stereocenters. The first-order valence-corrected chi connectivity index (χ1v) is 10.4. The van der Waals surface area contributed by atoms with Crippen LogP contribution in [0, 0.1) is 11.8 Å². The highest BCUT2D eigenvalue weighted by Gasteiger charge is 2.41. The smallest absolute Gasteiger partial charge is 0.342 e. The van der Waals surface area contributed by atoms with Gasteiger partial charge in [0, 0.05) is 25.0 Å². The van der Waals surface area contributed by atoms with Gasteiger partial charge in [0.2, 0.25) is 15.9 Å². The SMILES string of the molecule is CS(=O)(=O)N(CC(F)(F)F)C1CCN(C(=O)[C@@H]2CCC[C@@H]2CN)CC1.Cl. The standard InChI is InChI=1S/C15H26F3N3O3S.ClH/c1-25(23,24)21(10-15(16,17)18)12-5-7-20(8-6-12)14(22)13-4-2-3-11(13)9-19;/h11-13H,2-10,19H2,1H3;1H/t11-,13-;/m1./s1. The third-order valence-electron chi connectivity index (χ3n) is 5.22. The Morgan fingerprint density at radius 2 is 1.77 bits per heavy atom. The molecule has 2 N–H and O–H groups in total. The van der Waals surface area contributed by atoms with E-state index in [4.69, 9.17) is 5.73 Å². The molecule has 0 bridgehead atoms. The van der Waals surface area contributed by atoms with Gasteiger partial charge in [0.1, 0.15) is 6.54 Å². The number of hydrogen-bond donors (Lipinski definition) is 1. The van der Waals surface area contributed by atoms with Crippen LogP contribution in [-0.2, 0) is 14.8 Å². The van der Waals surface area contributed by atoms with E-state index in [0.29, 0.717) is 10.8 Å². The lowest BCUT2D eigenvalue weighted by Crippen LogP contribution is -2.52. The Balaban J connectivity index is 0.00000338. The van der Waals surface area contributed by atoms with E-state index in [2.05, 4.69) is 0 Å². The van der Waals surface area contributed by atoms with Gasteiger partial charge in [0.15, 0.2) is 0 Å². The number of halogens is 4. The van der Waals surface area contributed by atoms with Gasteiger partial charge in [-0.2, -0.15) is 17.5 Å². The van der Waals surface area contributed by atoms with E-state index in [1.807, 2.05) is 0 Å². The molecule has 2 rings (SSSR count). The van der Waals surface area contributed by atoms with Crippen molar-refractivity contribution in [1.29, 1.82) is 0 Å². The van der Waals surface area contributed by atoms with Crippen LogP contribution >= 0.6 is 12.4 Å². The molecular weight excluding hydrogens is 395 g/mol. The molecule has 0 aromatic rings. The number of alkyl halides is 3. The summed E-state index contributed by atoms with van der Waals surface area (Å²) in [6.07, 6.45) is -0.679. The van der Waals surface area contributed by atoms with Gasteiger partial charge in [-0.3, -0.25) is 4.79 Å². The van der Waals surface area contributed by atoms with Crippen LogP contribution in [0.25, 0.3) is 0 Å². The maximum atomic E-state index is 12.7. The van der Waals surface area contributed by atoms with Crippen LogP contribution in [0.3, 0.4) is 0 Å². The monoisotopic (exact) mass is 421 g/mol. The highest BCUT2D eigenvalue weighted by Crippen LogP contribution is 2.33. The van der Waals surface area contributed by atoms with Gasteiger partial charge in [-0.15, -0.1) is 12.4 Å². The number of nitrogens with zero attached hydrogens (tertiary/aromatic N) is 2. The highest BCUT2D eigenvalue weighted by atomic mass is 35.5. The normalized spacial score (nSPS) is 25.4. The first-order valence-electron chi connectivity index (χ1n) is 8.55. The van der Waals surface area contributed by atoms with Crippen LogP contribution in [0.1, 0.15) is 32.1 Å². The molecule has 1 amide bonds. The lowest BCUT2D eigenvalue weighted by molar-refractivity contribution is -0.144. The molecule has 2 fully saturated rings. The molecule has 1 aliphatic carbocycles. The minimum Gasteiger partial charge on any atom is -0.342 e. The third kappa shape index (κ3) is 5.97. The van der Waals surface area contributed by atoms with Gasteiger partial charge < -0.3 is 10.6 Å². The van der Waals surface area contributed by atoms with Crippen molar-refractivity contribution in [2.24, 2.45) is 17.6 Å². The predicted molar refractivity (Wildman–Crippen MR) is 94.3 cm³/mol. The largest absolute Gasteiger partial charge is 0.402 e. The number of nitrogens with two attached hydrogens (primary N) is 1. The molecule has 26 heavy (non-hydrogen) atoms. The van der Waals surface area contributed by atoms with Crippen LogP contribution in [0.2, 0.25) is 0 Å². The minimum atomic E-state index is -4.59. The molecule has 0 radical (unpaired) electrons. The summed E-state index contributed by atoms with van der Waals surface area (Å²) in [6.45, 7) is -0.467. The van der Waals surface area contributed by atoms with Crippen molar-refractivity contribution in [3.63, 3.8) is 0 Å². The molecule has 0 spiro atoms. The number of hydrogen-bond acceptors (Lipinski definition) is 4. The Kier molecular flexibility index (Phi) is 8.19. The lowest BCUT2D eigenvalue weighted by Gasteiger charge is -2.38. The van der Waals surface area contributed by atoms with Crippen molar-refractivity contribution in [1.82, 2.24) is 9.21 Å². The van der Waals surface area contributed by atoms with Crippen molar-refractivity contribution >= 4 is 28.3 Å². The van der Waals surface area contributed by atoms with Crippen LogP contribution in [-0.4, -0.2) is 68.2 Å². The van der Waals surface area contributed by atoms with E-state index in [0.717, 1.165) is 25.5 Å². The predicted octanol–water partition coefficient (Wildman–Crippen LogP) is 1.60. The molecule has 6 nitrogen and oxygen atoms in total. The summed E-state index contributed by atoms with van der Waals surface area (Å²) in [6, 6.07) is -0.727. The van der Waals surface area contributed by atoms with Gasteiger partial charge in [0.25, 0.3) is 0 Å². The van der Waals surface area contributed by atoms with Gasteiger partial charge >= 0.3 is 6.18 Å². The average Bonchev–Trinajstić information content (AvgIpc) is 2.99. The van der Waals surface area contributed by atoms with Crippen molar-refractivity contribution in [3.8, 4) is 0 Å². The second-order valence-corrected chi connectivity index (χ2v) is 8.95. The molecule has 2 aliphatic rings. The van der Waals surface area contributed by atoms with Crippen molar-refractivity contribution in [2.45, 2.75) is 44.3 Å². The van der Waals surface area contributed by atoms with Crippen molar-refractivity contribution in [2.75, 3.05) is 32.4 Å². The number of sulfonamides is 1. The molecule has 154 valence electrons. The molecule has 1 saturated heterocycles. The molecule has 0 aromatic carbocycles. The van der Waals surface area contributed by atoms with Gasteiger partial charge in [-0.05, 0) is 38.1 Å². The summed E-state index contributed by atoms with van der Waals surface area (Å²) in [4.78, 5) is 14.3. The second kappa shape index (κ2) is 9.07. The van der Waals surface area contributed by atoms with Crippen LogP contribution in [0.5, 0.6) is 0 Å². The van der Waals surface area contributed by atoms with Crippen LogP contribution in [0.4, 0.5) is 13.2 Å². The molecule has 1 saturated carbocycles. The molecule has 0 unspecified atom stereocenters. The summed E-state index contributed by atoms with van der Waals surface area (Å²) >= 11 is 0. The molecular formula is C15H27ClF3N3O3S. The maximum Gasteiger partial charge on any atom is 0.402 e. The first kappa shape index (κ1) is 23.5. The maximum absolute atomic E-state index is 12.7. The number of likely N-dealkylation sites (tertiary alicyclic amines) is 1. The Labute approximate surface area is 158 Å². The second-order valence-electron chi connectivity index (χ2n) is 7.01.